The Morgan fingerprint density at radius 3 is 3.00 bits per heavy atom. The summed E-state index contributed by atoms with van der Waals surface area (Å²) in [6, 6.07) is 9.01. The van der Waals surface area contributed by atoms with E-state index in [0.717, 1.165) is 12.8 Å². The summed E-state index contributed by atoms with van der Waals surface area (Å²) in [4.78, 5) is 12.0. The van der Waals surface area contributed by atoms with Crippen LogP contribution in [0.5, 0.6) is 0 Å². The molecule has 0 spiro atoms. The first-order valence-electron chi connectivity index (χ1n) is 7.90. The van der Waals surface area contributed by atoms with Gasteiger partial charge in [-0.05, 0) is 49.6 Å². The van der Waals surface area contributed by atoms with Gasteiger partial charge in [0.15, 0.2) is 5.76 Å². The molecule has 0 unspecified atom stereocenters. The van der Waals surface area contributed by atoms with Gasteiger partial charge in [0.1, 0.15) is 11.4 Å². The molecule has 2 atom stereocenters. The largest absolute Gasteiger partial charge is 0.459 e. The molecule has 24 heavy (non-hydrogen) atoms. The van der Waals surface area contributed by atoms with Gasteiger partial charge >= 0.3 is 0 Å². The van der Waals surface area contributed by atoms with Gasteiger partial charge in [-0.25, -0.2) is 4.39 Å². The van der Waals surface area contributed by atoms with Crippen LogP contribution in [0.1, 0.15) is 41.8 Å². The zero-order valence-electron chi connectivity index (χ0n) is 13.1. The number of amides is 1. The van der Waals surface area contributed by atoms with Crippen molar-refractivity contribution in [3.8, 4) is 11.8 Å². The van der Waals surface area contributed by atoms with Crippen molar-refractivity contribution < 1.29 is 18.7 Å². The zero-order chi connectivity index (χ0) is 17.0. The van der Waals surface area contributed by atoms with Crippen LogP contribution in [-0.4, -0.2) is 22.7 Å². The van der Waals surface area contributed by atoms with Crippen molar-refractivity contribution in [1.82, 2.24) is 5.32 Å². The Labute approximate surface area is 139 Å². The SMILES string of the molecule is O=C(N[C@@H]1CCC[C@@](O)(C#Cc2cccc(F)c2)C1)c1ccco1. The van der Waals surface area contributed by atoms with E-state index in [9.17, 15) is 14.3 Å². The van der Waals surface area contributed by atoms with Crippen molar-refractivity contribution in [2.75, 3.05) is 0 Å². The minimum atomic E-state index is -1.19. The topological polar surface area (TPSA) is 62.5 Å². The Bertz CT molecular complexity index is 775. The molecular weight excluding hydrogens is 309 g/mol. The van der Waals surface area contributed by atoms with Crippen molar-refractivity contribution in [2.45, 2.75) is 37.3 Å². The van der Waals surface area contributed by atoms with Gasteiger partial charge in [0.25, 0.3) is 5.91 Å². The Morgan fingerprint density at radius 1 is 1.38 bits per heavy atom. The van der Waals surface area contributed by atoms with E-state index in [-0.39, 0.29) is 23.5 Å². The summed E-state index contributed by atoms with van der Waals surface area (Å²) in [5, 5.41) is 13.5. The lowest BCUT2D eigenvalue weighted by Crippen LogP contribution is -2.45. The number of aliphatic hydroxyl groups is 1. The number of halogens is 1. The van der Waals surface area contributed by atoms with Crippen LogP contribution in [-0.2, 0) is 0 Å². The average molecular weight is 327 g/mol. The molecule has 1 fully saturated rings. The third-order valence-electron chi connectivity index (χ3n) is 4.07. The van der Waals surface area contributed by atoms with Crippen LogP contribution in [0, 0.1) is 17.7 Å². The van der Waals surface area contributed by atoms with E-state index in [1.54, 1.807) is 24.3 Å². The Morgan fingerprint density at radius 2 is 2.25 bits per heavy atom. The summed E-state index contributed by atoms with van der Waals surface area (Å²) in [7, 11) is 0. The molecule has 1 heterocycles. The molecule has 1 aliphatic carbocycles. The van der Waals surface area contributed by atoms with E-state index in [4.69, 9.17) is 4.42 Å². The molecule has 1 aromatic heterocycles. The molecule has 1 saturated carbocycles. The molecule has 1 aliphatic rings. The van der Waals surface area contributed by atoms with E-state index >= 15 is 0 Å². The van der Waals surface area contributed by atoms with Gasteiger partial charge in [-0.2, -0.15) is 0 Å². The van der Waals surface area contributed by atoms with E-state index in [2.05, 4.69) is 17.2 Å². The number of carbonyl (C=O) groups excluding carboxylic acids is 1. The predicted octanol–water partition coefficient (Wildman–Crippen LogP) is 2.87. The first-order valence-corrected chi connectivity index (χ1v) is 7.90. The Kier molecular flexibility index (Phi) is 4.68. The lowest BCUT2D eigenvalue weighted by Gasteiger charge is -2.33. The molecule has 1 aromatic carbocycles. The lowest BCUT2D eigenvalue weighted by molar-refractivity contribution is 0.0448. The van der Waals surface area contributed by atoms with Crippen LogP contribution in [0.4, 0.5) is 4.39 Å². The Balaban J connectivity index is 1.67. The first kappa shape index (κ1) is 16.3. The van der Waals surface area contributed by atoms with Gasteiger partial charge in [0.05, 0.1) is 6.26 Å². The van der Waals surface area contributed by atoms with Crippen LogP contribution in [0.3, 0.4) is 0 Å². The Hall–Kier alpha value is -2.58. The van der Waals surface area contributed by atoms with Crippen LogP contribution in [0.25, 0.3) is 0 Å². The summed E-state index contributed by atoms with van der Waals surface area (Å²) in [6.07, 6.45) is 3.83. The molecule has 0 radical (unpaired) electrons. The summed E-state index contributed by atoms with van der Waals surface area (Å²) >= 11 is 0. The molecular formula is C19H18FNO3. The second kappa shape index (κ2) is 6.90. The minimum Gasteiger partial charge on any atom is -0.459 e. The van der Waals surface area contributed by atoms with Gasteiger partial charge in [0, 0.05) is 18.0 Å². The third kappa shape index (κ3) is 4.03. The molecule has 2 N–H and O–H groups in total. The van der Waals surface area contributed by atoms with Crippen LogP contribution in [0.2, 0.25) is 0 Å². The third-order valence-corrected chi connectivity index (χ3v) is 4.07. The van der Waals surface area contributed by atoms with Crippen molar-refractivity contribution in [3.05, 3.63) is 59.8 Å². The van der Waals surface area contributed by atoms with E-state index in [0.29, 0.717) is 18.4 Å². The number of nitrogens with one attached hydrogen (secondary N) is 1. The van der Waals surface area contributed by atoms with Crippen LogP contribution >= 0.6 is 0 Å². The highest BCUT2D eigenvalue weighted by Gasteiger charge is 2.33. The standard InChI is InChI=1S/C19H18FNO3/c20-15-5-1-4-14(12-15)8-10-19(23)9-2-6-16(13-19)21-18(22)17-7-3-11-24-17/h1,3-5,7,11-12,16,23H,2,6,9,13H2,(H,21,22)/t16-,19-/m1/s1. The monoisotopic (exact) mass is 327 g/mol. The summed E-state index contributed by atoms with van der Waals surface area (Å²) < 4.78 is 18.2. The maximum Gasteiger partial charge on any atom is 0.287 e. The summed E-state index contributed by atoms with van der Waals surface area (Å²) in [6.45, 7) is 0. The molecule has 2 aromatic rings. The average Bonchev–Trinajstić information content (AvgIpc) is 3.08. The maximum absolute atomic E-state index is 13.2. The maximum atomic E-state index is 13.2. The quantitative estimate of drug-likeness (QED) is 0.834. The lowest BCUT2D eigenvalue weighted by atomic mass is 9.82. The van der Waals surface area contributed by atoms with Gasteiger partial charge in [-0.3, -0.25) is 4.79 Å². The second-order valence-electron chi connectivity index (χ2n) is 6.04. The van der Waals surface area contributed by atoms with Gasteiger partial charge in [-0.1, -0.05) is 17.9 Å². The predicted molar refractivity (Wildman–Crippen MR) is 86.7 cm³/mol. The smallest absolute Gasteiger partial charge is 0.287 e. The number of benzene rings is 1. The van der Waals surface area contributed by atoms with Gasteiger partial charge in [-0.15, -0.1) is 0 Å². The van der Waals surface area contributed by atoms with E-state index in [1.165, 1.54) is 18.4 Å². The molecule has 124 valence electrons. The highest BCUT2D eigenvalue weighted by Crippen LogP contribution is 2.28. The zero-order valence-corrected chi connectivity index (χ0v) is 13.1. The highest BCUT2D eigenvalue weighted by atomic mass is 19.1. The van der Waals surface area contributed by atoms with Crippen molar-refractivity contribution in [2.24, 2.45) is 0 Å². The highest BCUT2D eigenvalue weighted by molar-refractivity contribution is 5.91. The molecule has 0 aliphatic heterocycles. The van der Waals surface area contributed by atoms with Crippen molar-refractivity contribution in [3.63, 3.8) is 0 Å². The van der Waals surface area contributed by atoms with Crippen LogP contribution in [0.15, 0.2) is 47.1 Å². The van der Waals surface area contributed by atoms with Gasteiger partial charge < -0.3 is 14.8 Å². The number of carbonyl (C=O) groups is 1. The molecule has 3 rings (SSSR count). The summed E-state index contributed by atoms with van der Waals surface area (Å²) in [5.41, 5.74) is -0.670. The molecule has 0 saturated heterocycles. The van der Waals surface area contributed by atoms with E-state index < -0.39 is 5.60 Å². The van der Waals surface area contributed by atoms with Crippen molar-refractivity contribution in [1.29, 1.82) is 0 Å². The number of hydrogen-bond donors (Lipinski definition) is 2. The van der Waals surface area contributed by atoms with Crippen LogP contribution < -0.4 is 5.32 Å². The number of hydrogen-bond acceptors (Lipinski definition) is 3. The second-order valence-corrected chi connectivity index (χ2v) is 6.04. The number of furan rings is 1. The van der Waals surface area contributed by atoms with Gasteiger partial charge in [0.2, 0.25) is 0 Å². The fourth-order valence-corrected chi connectivity index (χ4v) is 2.91. The molecule has 0 bridgehead atoms. The van der Waals surface area contributed by atoms with Crippen molar-refractivity contribution >= 4 is 5.91 Å². The molecule has 4 nitrogen and oxygen atoms in total. The fraction of sp³-hybridized carbons (Fsp3) is 0.316. The molecule has 1 amide bonds. The fourth-order valence-electron chi connectivity index (χ4n) is 2.91. The normalized spacial score (nSPS) is 23.2. The number of rotatable bonds is 2. The first-order chi connectivity index (χ1) is 11.5. The van der Waals surface area contributed by atoms with E-state index in [1.807, 2.05) is 0 Å². The minimum absolute atomic E-state index is 0.178. The summed E-state index contributed by atoms with van der Waals surface area (Å²) in [5.74, 6) is 5.26. The molecule has 5 heteroatoms.